The molecular weight excluding hydrogens is 218 g/mol. The van der Waals surface area contributed by atoms with Crippen LogP contribution in [0.25, 0.3) is 0 Å². The average molecular weight is 239 g/mol. The van der Waals surface area contributed by atoms with Crippen molar-refractivity contribution >= 4 is 11.3 Å². The molecule has 0 amide bonds. The third kappa shape index (κ3) is 2.83. The van der Waals surface area contributed by atoms with Crippen LogP contribution in [-0.2, 0) is 6.42 Å². The van der Waals surface area contributed by atoms with Gasteiger partial charge in [-0.25, -0.2) is 0 Å². The van der Waals surface area contributed by atoms with Gasteiger partial charge in [0.2, 0.25) is 0 Å². The molecule has 2 rings (SSSR count). The maximum absolute atomic E-state index is 6.33. The molecule has 1 aromatic rings. The molecule has 16 heavy (non-hydrogen) atoms. The fourth-order valence-corrected chi connectivity index (χ4v) is 3.08. The van der Waals surface area contributed by atoms with E-state index in [9.17, 15) is 0 Å². The molecule has 0 radical (unpaired) electrons. The molecule has 1 aliphatic rings. The summed E-state index contributed by atoms with van der Waals surface area (Å²) in [6.45, 7) is 3.36. The molecule has 2 unspecified atom stereocenters. The van der Waals surface area contributed by atoms with E-state index < -0.39 is 0 Å². The summed E-state index contributed by atoms with van der Waals surface area (Å²) < 4.78 is 0. The second-order valence-corrected chi connectivity index (χ2v) is 5.79. The van der Waals surface area contributed by atoms with Gasteiger partial charge in [0.05, 0.1) is 0 Å². The number of nitrogens with zero attached hydrogens (tertiary/aromatic N) is 2. The summed E-state index contributed by atoms with van der Waals surface area (Å²) in [5, 5.41) is 2.12. The van der Waals surface area contributed by atoms with Crippen LogP contribution in [0.5, 0.6) is 0 Å². The second-order valence-electron chi connectivity index (χ2n) is 4.76. The molecule has 1 aliphatic heterocycles. The number of nitrogens with two attached hydrogens (primary N) is 1. The van der Waals surface area contributed by atoms with E-state index in [0.717, 1.165) is 26.1 Å². The summed E-state index contributed by atoms with van der Waals surface area (Å²) in [6.07, 6.45) is 1.00. The van der Waals surface area contributed by atoms with Crippen molar-refractivity contribution in [2.75, 3.05) is 33.7 Å². The lowest BCUT2D eigenvalue weighted by molar-refractivity contribution is 0.0975. The summed E-state index contributed by atoms with van der Waals surface area (Å²) >= 11 is 1.81. The monoisotopic (exact) mass is 239 g/mol. The van der Waals surface area contributed by atoms with Gasteiger partial charge in [0, 0.05) is 36.6 Å². The minimum atomic E-state index is 0.242. The summed E-state index contributed by atoms with van der Waals surface area (Å²) in [6, 6.07) is 5.01. The molecule has 0 bridgehead atoms. The van der Waals surface area contributed by atoms with Gasteiger partial charge in [0.25, 0.3) is 0 Å². The van der Waals surface area contributed by atoms with Crippen LogP contribution < -0.4 is 5.73 Å². The molecule has 1 saturated heterocycles. The van der Waals surface area contributed by atoms with Crippen molar-refractivity contribution in [3.8, 4) is 0 Å². The van der Waals surface area contributed by atoms with Crippen LogP contribution in [0.2, 0.25) is 0 Å². The maximum atomic E-state index is 6.33. The van der Waals surface area contributed by atoms with Crippen molar-refractivity contribution < 1.29 is 0 Å². The van der Waals surface area contributed by atoms with Crippen molar-refractivity contribution in [2.45, 2.75) is 18.5 Å². The van der Waals surface area contributed by atoms with Gasteiger partial charge in [-0.3, -0.25) is 4.90 Å². The van der Waals surface area contributed by atoms with Gasteiger partial charge in [-0.05, 0) is 32.0 Å². The van der Waals surface area contributed by atoms with Crippen molar-refractivity contribution in [2.24, 2.45) is 5.73 Å². The van der Waals surface area contributed by atoms with E-state index >= 15 is 0 Å². The van der Waals surface area contributed by atoms with E-state index in [2.05, 4.69) is 41.4 Å². The number of hydrogen-bond donors (Lipinski definition) is 1. The largest absolute Gasteiger partial charge is 0.326 e. The standard InChI is InChI=1S/C12H21N3S/c1-14-5-6-15(2)12(9-14)11(13)8-10-4-3-7-16-10/h3-4,7,11-12H,5-6,8-9,13H2,1-2H3. The first-order valence-corrected chi connectivity index (χ1v) is 6.71. The normalized spacial score (nSPS) is 25.8. The fraction of sp³-hybridized carbons (Fsp3) is 0.667. The van der Waals surface area contributed by atoms with E-state index in [1.165, 1.54) is 4.88 Å². The first-order valence-electron chi connectivity index (χ1n) is 5.83. The highest BCUT2D eigenvalue weighted by molar-refractivity contribution is 7.09. The van der Waals surface area contributed by atoms with Crippen LogP contribution >= 0.6 is 11.3 Å². The molecule has 0 aromatic carbocycles. The third-order valence-electron chi connectivity index (χ3n) is 3.41. The Bertz CT molecular complexity index is 312. The van der Waals surface area contributed by atoms with Crippen LogP contribution in [0, 0.1) is 0 Å². The van der Waals surface area contributed by atoms with E-state index in [4.69, 9.17) is 5.73 Å². The molecule has 0 spiro atoms. The Morgan fingerprint density at radius 3 is 3.00 bits per heavy atom. The molecular formula is C12H21N3S. The minimum absolute atomic E-state index is 0.242. The van der Waals surface area contributed by atoms with Crippen molar-refractivity contribution in [1.29, 1.82) is 0 Å². The van der Waals surface area contributed by atoms with Crippen molar-refractivity contribution in [3.05, 3.63) is 22.4 Å². The number of thiophene rings is 1. The lowest BCUT2D eigenvalue weighted by atomic mass is 10.0. The first kappa shape index (κ1) is 12.0. The van der Waals surface area contributed by atoms with E-state index in [1.54, 1.807) is 11.3 Å². The highest BCUT2D eigenvalue weighted by Gasteiger charge is 2.27. The number of likely N-dealkylation sites (N-methyl/N-ethyl adjacent to an activating group) is 2. The molecule has 1 fully saturated rings. The van der Waals surface area contributed by atoms with Gasteiger partial charge in [-0.15, -0.1) is 11.3 Å². The van der Waals surface area contributed by atoms with Crippen LogP contribution in [-0.4, -0.2) is 55.6 Å². The number of piperazine rings is 1. The Morgan fingerprint density at radius 1 is 1.50 bits per heavy atom. The zero-order valence-electron chi connectivity index (χ0n) is 10.1. The Morgan fingerprint density at radius 2 is 2.31 bits per heavy atom. The van der Waals surface area contributed by atoms with E-state index in [0.29, 0.717) is 6.04 Å². The Labute approximate surface area is 102 Å². The first-order chi connectivity index (χ1) is 7.66. The molecule has 3 nitrogen and oxygen atoms in total. The third-order valence-corrected chi connectivity index (χ3v) is 4.31. The molecule has 0 aliphatic carbocycles. The molecule has 2 N–H and O–H groups in total. The van der Waals surface area contributed by atoms with Gasteiger partial charge >= 0.3 is 0 Å². The average Bonchev–Trinajstić information content (AvgIpc) is 2.74. The number of hydrogen-bond acceptors (Lipinski definition) is 4. The molecule has 90 valence electrons. The fourth-order valence-electron chi connectivity index (χ4n) is 2.30. The molecule has 1 aromatic heterocycles. The zero-order valence-corrected chi connectivity index (χ0v) is 10.9. The van der Waals surface area contributed by atoms with Gasteiger partial charge in [0.1, 0.15) is 0 Å². The highest BCUT2D eigenvalue weighted by Crippen LogP contribution is 2.15. The Balaban J connectivity index is 1.94. The predicted molar refractivity (Wildman–Crippen MR) is 69.9 cm³/mol. The summed E-state index contributed by atoms with van der Waals surface area (Å²) in [7, 11) is 4.36. The summed E-state index contributed by atoms with van der Waals surface area (Å²) in [4.78, 5) is 6.17. The Hall–Kier alpha value is -0.420. The van der Waals surface area contributed by atoms with Crippen molar-refractivity contribution in [3.63, 3.8) is 0 Å². The van der Waals surface area contributed by atoms with Gasteiger partial charge in [-0.2, -0.15) is 0 Å². The van der Waals surface area contributed by atoms with Gasteiger partial charge < -0.3 is 10.6 Å². The van der Waals surface area contributed by atoms with Crippen LogP contribution in [0.15, 0.2) is 17.5 Å². The summed E-state index contributed by atoms with van der Waals surface area (Å²) in [5.74, 6) is 0. The van der Waals surface area contributed by atoms with Crippen molar-refractivity contribution in [1.82, 2.24) is 9.80 Å². The van der Waals surface area contributed by atoms with Crippen LogP contribution in [0.1, 0.15) is 4.88 Å². The topological polar surface area (TPSA) is 32.5 Å². The highest BCUT2D eigenvalue weighted by atomic mass is 32.1. The predicted octanol–water partition coefficient (Wildman–Crippen LogP) is 0.864. The van der Waals surface area contributed by atoms with E-state index in [1.807, 2.05) is 0 Å². The molecule has 4 heteroatoms. The molecule has 0 saturated carbocycles. The molecule has 2 heterocycles. The zero-order chi connectivity index (χ0) is 11.5. The minimum Gasteiger partial charge on any atom is -0.326 e. The quantitative estimate of drug-likeness (QED) is 0.849. The SMILES string of the molecule is CN1CCN(C)C(C(N)Cc2cccs2)C1. The van der Waals surface area contributed by atoms with Gasteiger partial charge in [0.15, 0.2) is 0 Å². The second kappa shape index (κ2) is 5.27. The lowest BCUT2D eigenvalue weighted by Crippen LogP contribution is -2.58. The lowest BCUT2D eigenvalue weighted by Gasteiger charge is -2.40. The maximum Gasteiger partial charge on any atom is 0.0375 e. The van der Waals surface area contributed by atoms with Gasteiger partial charge in [-0.1, -0.05) is 6.07 Å². The van der Waals surface area contributed by atoms with E-state index in [-0.39, 0.29) is 6.04 Å². The molecule has 2 atom stereocenters. The number of rotatable bonds is 3. The Kier molecular flexibility index (Phi) is 3.97. The van der Waals surface area contributed by atoms with Crippen LogP contribution in [0.3, 0.4) is 0 Å². The summed E-state index contributed by atoms with van der Waals surface area (Å²) in [5.41, 5.74) is 6.33. The van der Waals surface area contributed by atoms with Crippen LogP contribution in [0.4, 0.5) is 0 Å². The smallest absolute Gasteiger partial charge is 0.0375 e.